The van der Waals surface area contributed by atoms with E-state index in [1.165, 1.54) is 0 Å². The molecule has 2 aliphatic rings. The van der Waals surface area contributed by atoms with E-state index in [1.807, 2.05) is 6.92 Å². The fraction of sp³-hybridized carbons (Fsp3) is 0.667. The lowest BCUT2D eigenvalue weighted by molar-refractivity contribution is -0.141. The summed E-state index contributed by atoms with van der Waals surface area (Å²) in [5.41, 5.74) is 1.30. The molecule has 2 heterocycles. The van der Waals surface area contributed by atoms with Crippen LogP contribution in [-0.4, -0.2) is 43.7 Å². The fourth-order valence-electron chi connectivity index (χ4n) is 3.82. The molecular formula is C15H21N3O3. The number of likely N-dealkylation sites (tertiary alicyclic amines) is 1. The zero-order valence-corrected chi connectivity index (χ0v) is 12.5. The quantitative estimate of drug-likeness (QED) is 0.897. The van der Waals surface area contributed by atoms with E-state index in [0.717, 1.165) is 31.4 Å². The molecule has 3 rings (SSSR count). The zero-order valence-electron chi connectivity index (χ0n) is 12.5. The summed E-state index contributed by atoms with van der Waals surface area (Å²) < 4.78 is 1.65. The molecule has 1 amide bonds. The maximum Gasteiger partial charge on any atom is 0.326 e. The monoisotopic (exact) mass is 291 g/mol. The normalized spacial score (nSPS) is 28.5. The third kappa shape index (κ3) is 2.22. The Morgan fingerprint density at radius 1 is 1.33 bits per heavy atom. The second-order valence-corrected chi connectivity index (χ2v) is 6.18. The molecule has 0 bridgehead atoms. The van der Waals surface area contributed by atoms with Gasteiger partial charge >= 0.3 is 5.97 Å². The molecule has 1 aliphatic heterocycles. The van der Waals surface area contributed by atoms with Gasteiger partial charge in [-0.15, -0.1) is 0 Å². The lowest BCUT2D eigenvalue weighted by Gasteiger charge is -2.32. The number of carbonyl (C=O) groups excluding carboxylic acids is 1. The molecule has 0 spiro atoms. The zero-order chi connectivity index (χ0) is 15.1. The first-order valence-corrected chi connectivity index (χ1v) is 7.54. The van der Waals surface area contributed by atoms with E-state index in [9.17, 15) is 14.7 Å². The van der Waals surface area contributed by atoms with Crippen molar-refractivity contribution < 1.29 is 14.7 Å². The number of carbonyl (C=O) groups is 2. The third-order valence-corrected chi connectivity index (χ3v) is 5.07. The standard InChI is InChI=1S/C15H21N3O3/c1-9-11(8-16-17(9)2)14(19)18-12-6-4-3-5-10(12)7-13(18)15(20)21/h8,10,12-13H,3-7H2,1-2H3,(H,20,21)/t10-,12+,13-/m0/s1. The summed E-state index contributed by atoms with van der Waals surface area (Å²) in [6, 6.07) is -0.614. The molecular weight excluding hydrogens is 270 g/mol. The van der Waals surface area contributed by atoms with Crippen molar-refractivity contribution in [1.29, 1.82) is 0 Å². The average Bonchev–Trinajstić information content (AvgIpc) is 3.00. The number of carboxylic acids is 1. The highest BCUT2D eigenvalue weighted by Gasteiger charge is 2.48. The summed E-state index contributed by atoms with van der Waals surface area (Å²) in [6.07, 6.45) is 6.30. The summed E-state index contributed by atoms with van der Waals surface area (Å²) >= 11 is 0. The number of aromatic nitrogens is 2. The average molecular weight is 291 g/mol. The molecule has 0 aromatic carbocycles. The van der Waals surface area contributed by atoms with E-state index in [4.69, 9.17) is 0 Å². The molecule has 6 nitrogen and oxygen atoms in total. The van der Waals surface area contributed by atoms with Crippen LogP contribution in [0.3, 0.4) is 0 Å². The summed E-state index contributed by atoms with van der Waals surface area (Å²) in [7, 11) is 1.79. The molecule has 0 unspecified atom stereocenters. The smallest absolute Gasteiger partial charge is 0.326 e. The van der Waals surface area contributed by atoms with Gasteiger partial charge < -0.3 is 10.0 Å². The number of rotatable bonds is 2. The van der Waals surface area contributed by atoms with Crippen LogP contribution in [0.1, 0.15) is 48.2 Å². The van der Waals surface area contributed by atoms with Crippen molar-refractivity contribution in [1.82, 2.24) is 14.7 Å². The van der Waals surface area contributed by atoms with Crippen LogP contribution < -0.4 is 0 Å². The molecule has 6 heteroatoms. The molecule has 3 atom stereocenters. The van der Waals surface area contributed by atoms with Crippen molar-refractivity contribution in [2.75, 3.05) is 0 Å². The van der Waals surface area contributed by atoms with Gasteiger partial charge in [-0.05, 0) is 32.1 Å². The highest BCUT2D eigenvalue weighted by molar-refractivity contribution is 5.98. The van der Waals surface area contributed by atoms with Gasteiger partial charge in [0, 0.05) is 18.8 Å². The molecule has 21 heavy (non-hydrogen) atoms. The molecule has 1 aliphatic carbocycles. The molecule has 2 fully saturated rings. The molecule has 1 aromatic heterocycles. The van der Waals surface area contributed by atoms with Crippen LogP contribution in [0.2, 0.25) is 0 Å². The number of hydrogen-bond donors (Lipinski definition) is 1. The van der Waals surface area contributed by atoms with Gasteiger partial charge in [0.2, 0.25) is 0 Å². The molecule has 1 aromatic rings. The number of nitrogens with zero attached hydrogens (tertiary/aromatic N) is 3. The summed E-state index contributed by atoms with van der Waals surface area (Å²) in [5, 5.41) is 13.6. The van der Waals surface area contributed by atoms with Gasteiger partial charge in [-0.3, -0.25) is 9.48 Å². The van der Waals surface area contributed by atoms with Crippen molar-refractivity contribution in [3.63, 3.8) is 0 Å². The number of aryl methyl sites for hydroxylation is 1. The topological polar surface area (TPSA) is 75.4 Å². The molecule has 1 N–H and O–H groups in total. The maximum atomic E-state index is 12.9. The number of hydrogen-bond acceptors (Lipinski definition) is 3. The minimum Gasteiger partial charge on any atom is -0.480 e. The van der Waals surface area contributed by atoms with Gasteiger partial charge in [0.25, 0.3) is 5.91 Å². The van der Waals surface area contributed by atoms with Crippen LogP contribution >= 0.6 is 0 Å². The Kier molecular flexibility index (Phi) is 3.47. The first kappa shape index (κ1) is 14.1. The van der Waals surface area contributed by atoms with Crippen LogP contribution in [0.5, 0.6) is 0 Å². The Bertz CT molecular complexity index is 581. The summed E-state index contributed by atoms with van der Waals surface area (Å²) in [5.74, 6) is -0.734. The fourth-order valence-corrected chi connectivity index (χ4v) is 3.82. The Balaban J connectivity index is 1.94. The Morgan fingerprint density at radius 2 is 2.05 bits per heavy atom. The summed E-state index contributed by atoms with van der Waals surface area (Å²) in [6.45, 7) is 1.84. The largest absolute Gasteiger partial charge is 0.480 e. The van der Waals surface area contributed by atoms with Gasteiger partial charge in [-0.2, -0.15) is 5.10 Å². The Labute approximate surface area is 123 Å². The second kappa shape index (κ2) is 5.16. The van der Waals surface area contributed by atoms with E-state index in [-0.39, 0.29) is 11.9 Å². The van der Waals surface area contributed by atoms with Crippen molar-refractivity contribution in [3.8, 4) is 0 Å². The van der Waals surface area contributed by atoms with E-state index in [0.29, 0.717) is 17.9 Å². The van der Waals surface area contributed by atoms with Crippen LogP contribution in [0, 0.1) is 12.8 Å². The van der Waals surface area contributed by atoms with E-state index >= 15 is 0 Å². The number of amides is 1. The molecule has 1 saturated heterocycles. The second-order valence-electron chi connectivity index (χ2n) is 6.18. The molecule has 114 valence electrons. The van der Waals surface area contributed by atoms with Gasteiger partial charge in [0.15, 0.2) is 0 Å². The maximum absolute atomic E-state index is 12.9. The van der Waals surface area contributed by atoms with Crippen LogP contribution in [0.4, 0.5) is 0 Å². The van der Waals surface area contributed by atoms with Crippen molar-refractivity contribution in [2.45, 2.75) is 51.1 Å². The first-order valence-electron chi connectivity index (χ1n) is 7.54. The lowest BCUT2D eigenvalue weighted by Crippen LogP contribution is -2.46. The highest BCUT2D eigenvalue weighted by Crippen LogP contribution is 2.40. The molecule has 1 saturated carbocycles. The summed E-state index contributed by atoms with van der Waals surface area (Å²) in [4.78, 5) is 26.0. The minimum atomic E-state index is -0.890. The van der Waals surface area contributed by atoms with E-state index in [2.05, 4.69) is 5.10 Å². The Morgan fingerprint density at radius 3 is 2.67 bits per heavy atom. The minimum absolute atomic E-state index is 0.0759. The van der Waals surface area contributed by atoms with Gasteiger partial charge in [-0.1, -0.05) is 12.8 Å². The number of carboxylic acid groups (broad SMARTS) is 1. The SMILES string of the molecule is Cc1c(C(=O)N2[C@@H]3CCCC[C@H]3C[C@H]2C(=O)O)cnn1C. The van der Waals surface area contributed by atoms with Gasteiger partial charge in [0.1, 0.15) is 6.04 Å². The lowest BCUT2D eigenvalue weighted by atomic mass is 9.84. The van der Waals surface area contributed by atoms with Crippen molar-refractivity contribution in [2.24, 2.45) is 13.0 Å². The number of fused-ring (bicyclic) bond motifs is 1. The van der Waals surface area contributed by atoms with Crippen LogP contribution in [0.15, 0.2) is 6.20 Å². The van der Waals surface area contributed by atoms with Crippen molar-refractivity contribution in [3.05, 3.63) is 17.5 Å². The predicted octanol–water partition coefficient (Wildman–Crippen LogP) is 1.59. The van der Waals surface area contributed by atoms with Gasteiger partial charge in [0.05, 0.1) is 11.8 Å². The number of aliphatic carboxylic acids is 1. The van der Waals surface area contributed by atoms with Crippen LogP contribution in [0.25, 0.3) is 0 Å². The highest BCUT2D eigenvalue weighted by atomic mass is 16.4. The van der Waals surface area contributed by atoms with Gasteiger partial charge in [-0.25, -0.2) is 4.79 Å². The Hall–Kier alpha value is -1.85. The predicted molar refractivity (Wildman–Crippen MR) is 75.9 cm³/mol. The van der Waals surface area contributed by atoms with Crippen molar-refractivity contribution >= 4 is 11.9 Å². The van der Waals surface area contributed by atoms with Crippen LogP contribution in [-0.2, 0) is 11.8 Å². The van der Waals surface area contributed by atoms with E-state index in [1.54, 1.807) is 22.8 Å². The van der Waals surface area contributed by atoms with E-state index < -0.39 is 12.0 Å². The molecule has 0 radical (unpaired) electrons. The first-order chi connectivity index (χ1) is 10.0. The third-order valence-electron chi connectivity index (χ3n) is 5.07.